The lowest BCUT2D eigenvalue weighted by molar-refractivity contribution is 0.374. The van der Waals surface area contributed by atoms with Gasteiger partial charge in [-0.1, -0.05) is 13.0 Å². The van der Waals surface area contributed by atoms with E-state index in [0.717, 1.165) is 22.8 Å². The van der Waals surface area contributed by atoms with Crippen molar-refractivity contribution < 1.29 is 14.2 Å². The molecule has 0 atom stereocenters. The molecule has 0 saturated carbocycles. The van der Waals surface area contributed by atoms with E-state index in [0.29, 0.717) is 28.5 Å². The van der Waals surface area contributed by atoms with Gasteiger partial charge in [0.2, 0.25) is 0 Å². The monoisotopic (exact) mass is 406 g/mol. The highest BCUT2D eigenvalue weighted by Crippen LogP contribution is 2.32. The molecule has 4 rings (SSSR count). The fourth-order valence-electron chi connectivity index (χ4n) is 3.20. The number of rotatable bonds is 7. The van der Waals surface area contributed by atoms with Gasteiger partial charge in [0.1, 0.15) is 22.8 Å². The first-order chi connectivity index (χ1) is 14.7. The number of methoxy groups -OCH3 is 3. The van der Waals surface area contributed by atoms with Crippen molar-refractivity contribution in [2.24, 2.45) is 5.10 Å². The molecule has 2 aromatic carbocycles. The standard InChI is InChI=1S/C21H22N6O3/c1-5-12-6-7-16-14(8-12)19-20(23-16)24-21(27-25-19)26-22-11-15-17(29-3)9-13(28-2)10-18(15)30-4/h6-11H,5H2,1-4H3,(H2,23,24,26,27)/b22-11+. The van der Waals surface area contributed by atoms with Crippen molar-refractivity contribution in [3.63, 3.8) is 0 Å². The van der Waals surface area contributed by atoms with Crippen LogP contribution in [0.3, 0.4) is 0 Å². The molecule has 0 spiro atoms. The van der Waals surface area contributed by atoms with E-state index in [4.69, 9.17) is 14.2 Å². The molecule has 9 heteroatoms. The number of aromatic nitrogens is 4. The summed E-state index contributed by atoms with van der Waals surface area (Å²) >= 11 is 0. The zero-order chi connectivity index (χ0) is 21.1. The Hall–Kier alpha value is -3.88. The number of H-pyrrole nitrogens is 1. The lowest BCUT2D eigenvalue weighted by atomic mass is 10.1. The lowest BCUT2D eigenvalue weighted by Crippen LogP contribution is -2.01. The van der Waals surface area contributed by atoms with E-state index in [-0.39, 0.29) is 5.95 Å². The molecular formula is C21H22N6O3. The van der Waals surface area contributed by atoms with Crippen molar-refractivity contribution >= 4 is 34.2 Å². The Morgan fingerprint density at radius 2 is 1.80 bits per heavy atom. The molecule has 0 fully saturated rings. The SMILES string of the molecule is CCc1ccc2[nH]c3nc(N/N=C/c4c(OC)cc(OC)cc4OC)nnc3c2c1. The molecule has 0 unspecified atom stereocenters. The number of hydrogen-bond donors (Lipinski definition) is 2. The molecule has 154 valence electrons. The van der Waals surface area contributed by atoms with Gasteiger partial charge in [-0.3, -0.25) is 0 Å². The van der Waals surface area contributed by atoms with Crippen molar-refractivity contribution in [3.05, 3.63) is 41.5 Å². The van der Waals surface area contributed by atoms with Crippen molar-refractivity contribution in [2.75, 3.05) is 26.8 Å². The quantitative estimate of drug-likeness (QED) is 0.357. The molecule has 0 bridgehead atoms. The molecule has 30 heavy (non-hydrogen) atoms. The van der Waals surface area contributed by atoms with Crippen LogP contribution in [0.4, 0.5) is 5.95 Å². The van der Waals surface area contributed by atoms with Crippen molar-refractivity contribution in [1.82, 2.24) is 20.2 Å². The van der Waals surface area contributed by atoms with E-state index < -0.39 is 0 Å². The van der Waals surface area contributed by atoms with Crippen LogP contribution in [-0.2, 0) is 6.42 Å². The van der Waals surface area contributed by atoms with Gasteiger partial charge in [-0.15, -0.1) is 10.2 Å². The van der Waals surface area contributed by atoms with Crippen LogP contribution < -0.4 is 19.6 Å². The van der Waals surface area contributed by atoms with E-state index in [1.165, 1.54) is 5.56 Å². The Morgan fingerprint density at radius 3 is 2.47 bits per heavy atom. The van der Waals surface area contributed by atoms with Crippen LogP contribution in [0.2, 0.25) is 0 Å². The van der Waals surface area contributed by atoms with Crippen molar-refractivity contribution in [3.8, 4) is 17.2 Å². The van der Waals surface area contributed by atoms with Gasteiger partial charge in [-0.05, 0) is 24.1 Å². The first-order valence-corrected chi connectivity index (χ1v) is 9.41. The Kier molecular flexibility index (Phi) is 5.34. The van der Waals surface area contributed by atoms with E-state index in [2.05, 4.69) is 49.7 Å². The van der Waals surface area contributed by atoms with Gasteiger partial charge in [0.15, 0.2) is 5.65 Å². The summed E-state index contributed by atoms with van der Waals surface area (Å²) in [6.45, 7) is 2.12. The molecule has 2 N–H and O–H groups in total. The first-order valence-electron chi connectivity index (χ1n) is 9.41. The molecule has 4 aromatic rings. The molecule has 2 heterocycles. The topological polar surface area (TPSA) is 107 Å². The molecule has 0 radical (unpaired) electrons. The Labute approximate surface area is 173 Å². The first kappa shape index (κ1) is 19.4. The third-order valence-electron chi connectivity index (χ3n) is 4.80. The van der Waals surface area contributed by atoms with Crippen molar-refractivity contribution in [1.29, 1.82) is 0 Å². The minimum absolute atomic E-state index is 0.271. The second-order valence-corrected chi connectivity index (χ2v) is 6.51. The summed E-state index contributed by atoms with van der Waals surface area (Å²) in [5.41, 5.74) is 7.04. The van der Waals surface area contributed by atoms with E-state index >= 15 is 0 Å². The summed E-state index contributed by atoms with van der Waals surface area (Å²) in [5.74, 6) is 2.02. The predicted molar refractivity (Wildman–Crippen MR) is 116 cm³/mol. The number of aromatic amines is 1. The van der Waals surface area contributed by atoms with Crippen LogP contribution >= 0.6 is 0 Å². The summed E-state index contributed by atoms with van der Waals surface area (Å²) in [6, 6.07) is 9.74. The number of ether oxygens (including phenoxy) is 3. The number of anilines is 1. The summed E-state index contributed by atoms with van der Waals surface area (Å²) < 4.78 is 16.1. The average molecular weight is 406 g/mol. The molecule has 0 aliphatic heterocycles. The average Bonchev–Trinajstić information content (AvgIpc) is 3.15. The summed E-state index contributed by atoms with van der Waals surface area (Å²) in [7, 11) is 4.72. The van der Waals surface area contributed by atoms with Gasteiger partial charge in [0.25, 0.3) is 5.95 Å². The predicted octanol–water partition coefficient (Wildman–Crippen LogP) is 3.54. The molecule has 0 aliphatic rings. The van der Waals surface area contributed by atoms with E-state index in [9.17, 15) is 0 Å². The number of hydrazone groups is 1. The maximum Gasteiger partial charge on any atom is 0.265 e. The highest BCUT2D eigenvalue weighted by atomic mass is 16.5. The van der Waals surface area contributed by atoms with Crippen LogP contribution in [0, 0.1) is 0 Å². The maximum absolute atomic E-state index is 5.42. The fraction of sp³-hybridized carbons (Fsp3) is 0.238. The van der Waals surface area contributed by atoms with Gasteiger partial charge in [-0.25, -0.2) is 5.43 Å². The third-order valence-corrected chi connectivity index (χ3v) is 4.80. The summed E-state index contributed by atoms with van der Waals surface area (Å²) in [4.78, 5) is 7.74. The summed E-state index contributed by atoms with van der Waals surface area (Å²) in [6.07, 6.45) is 2.53. The Bertz CT molecular complexity index is 1210. The molecule has 0 saturated heterocycles. The second-order valence-electron chi connectivity index (χ2n) is 6.51. The number of benzene rings is 2. The van der Waals surface area contributed by atoms with Gasteiger partial charge in [0.05, 0.1) is 33.1 Å². The van der Waals surface area contributed by atoms with Gasteiger partial charge < -0.3 is 19.2 Å². The Balaban J connectivity index is 1.62. The number of nitrogens with zero attached hydrogens (tertiary/aromatic N) is 4. The number of hydrogen-bond acceptors (Lipinski definition) is 8. The highest BCUT2D eigenvalue weighted by molar-refractivity contribution is 6.03. The van der Waals surface area contributed by atoms with Gasteiger partial charge >= 0.3 is 0 Å². The van der Waals surface area contributed by atoms with Crippen LogP contribution in [0.5, 0.6) is 17.2 Å². The molecule has 0 aliphatic carbocycles. The normalized spacial score (nSPS) is 11.3. The zero-order valence-corrected chi connectivity index (χ0v) is 17.2. The molecule has 9 nitrogen and oxygen atoms in total. The van der Waals surface area contributed by atoms with Crippen molar-refractivity contribution in [2.45, 2.75) is 13.3 Å². The molecule has 2 aromatic heterocycles. The number of nitrogens with one attached hydrogen (secondary N) is 2. The molecule has 0 amide bonds. The lowest BCUT2D eigenvalue weighted by Gasteiger charge is -2.12. The van der Waals surface area contributed by atoms with Crippen LogP contribution in [0.15, 0.2) is 35.4 Å². The van der Waals surface area contributed by atoms with E-state index in [1.54, 1.807) is 39.7 Å². The maximum atomic E-state index is 5.42. The zero-order valence-electron chi connectivity index (χ0n) is 17.2. The number of fused-ring (bicyclic) bond motifs is 3. The second kappa shape index (κ2) is 8.24. The van der Waals surface area contributed by atoms with E-state index in [1.807, 2.05) is 6.07 Å². The third kappa shape index (κ3) is 3.57. The minimum Gasteiger partial charge on any atom is -0.496 e. The van der Waals surface area contributed by atoms with Crippen LogP contribution in [0.1, 0.15) is 18.1 Å². The number of aryl methyl sites for hydroxylation is 1. The minimum atomic E-state index is 0.271. The van der Waals surface area contributed by atoms with Crippen LogP contribution in [0.25, 0.3) is 22.1 Å². The fourth-order valence-corrected chi connectivity index (χ4v) is 3.20. The largest absolute Gasteiger partial charge is 0.496 e. The van der Waals surface area contributed by atoms with Gasteiger partial charge in [0, 0.05) is 23.0 Å². The highest BCUT2D eigenvalue weighted by Gasteiger charge is 2.12. The summed E-state index contributed by atoms with van der Waals surface area (Å²) in [5, 5.41) is 13.7. The van der Waals surface area contributed by atoms with Crippen LogP contribution in [-0.4, -0.2) is 47.7 Å². The Morgan fingerprint density at radius 1 is 1.03 bits per heavy atom. The van der Waals surface area contributed by atoms with Gasteiger partial charge in [-0.2, -0.15) is 10.1 Å². The smallest absolute Gasteiger partial charge is 0.265 e. The molecular weight excluding hydrogens is 384 g/mol.